The van der Waals surface area contributed by atoms with Gasteiger partial charge in [-0.15, -0.1) is 0 Å². The van der Waals surface area contributed by atoms with Crippen molar-refractivity contribution in [2.45, 2.75) is 32.3 Å². The van der Waals surface area contributed by atoms with Crippen molar-refractivity contribution < 1.29 is 9.50 Å². The first-order valence-corrected chi connectivity index (χ1v) is 4.52. The summed E-state index contributed by atoms with van der Waals surface area (Å²) in [6, 6.07) is 3.26. The van der Waals surface area contributed by atoms with Gasteiger partial charge in [0.2, 0.25) is 0 Å². The molecule has 1 aromatic carbocycles. The molecule has 2 heteroatoms. The van der Waals surface area contributed by atoms with E-state index < -0.39 is 5.60 Å². The minimum atomic E-state index is -0.650. The van der Waals surface area contributed by atoms with Gasteiger partial charge in [0.05, 0.1) is 5.60 Å². The molecule has 0 aromatic heterocycles. The average Bonchev–Trinajstić information content (AvgIpc) is 2.77. The Kier molecular flexibility index (Phi) is 1.70. The zero-order valence-corrected chi connectivity index (χ0v) is 7.89. The zero-order chi connectivity index (χ0) is 9.64. The molecule has 0 saturated heterocycles. The lowest BCUT2D eigenvalue weighted by Gasteiger charge is -2.12. The van der Waals surface area contributed by atoms with Gasteiger partial charge in [0.25, 0.3) is 0 Å². The van der Waals surface area contributed by atoms with E-state index in [9.17, 15) is 9.50 Å². The van der Waals surface area contributed by atoms with Crippen molar-refractivity contribution in [1.82, 2.24) is 0 Å². The van der Waals surface area contributed by atoms with Crippen LogP contribution in [0.1, 0.15) is 29.5 Å². The molecule has 1 aliphatic carbocycles. The minimum absolute atomic E-state index is 0.189. The largest absolute Gasteiger partial charge is 0.385 e. The molecule has 2 rings (SSSR count). The average molecular weight is 180 g/mol. The van der Waals surface area contributed by atoms with E-state index in [1.807, 2.05) is 6.92 Å². The highest BCUT2D eigenvalue weighted by Crippen LogP contribution is 2.46. The Morgan fingerprint density at radius 1 is 1.23 bits per heavy atom. The van der Waals surface area contributed by atoms with E-state index >= 15 is 0 Å². The molecule has 0 radical (unpaired) electrons. The third-order valence-corrected chi connectivity index (χ3v) is 2.73. The summed E-state index contributed by atoms with van der Waals surface area (Å²) in [7, 11) is 0. The molecule has 0 atom stereocenters. The van der Waals surface area contributed by atoms with Gasteiger partial charge in [-0.05, 0) is 49.4 Å². The van der Waals surface area contributed by atoms with Gasteiger partial charge in [0.15, 0.2) is 0 Å². The van der Waals surface area contributed by atoms with Crippen LogP contribution in [0.25, 0.3) is 0 Å². The van der Waals surface area contributed by atoms with Crippen LogP contribution in [0.5, 0.6) is 0 Å². The smallest absolute Gasteiger partial charge is 0.126 e. The molecule has 70 valence electrons. The van der Waals surface area contributed by atoms with E-state index in [1.165, 1.54) is 6.07 Å². The summed E-state index contributed by atoms with van der Waals surface area (Å²) in [4.78, 5) is 0. The molecule has 1 N–H and O–H groups in total. The molecule has 0 spiro atoms. The molecule has 0 aliphatic heterocycles. The van der Waals surface area contributed by atoms with Crippen LogP contribution in [-0.4, -0.2) is 5.11 Å². The number of hydrogen-bond donors (Lipinski definition) is 1. The summed E-state index contributed by atoms with van der Waals surface area (Å²) in [6.07, 6.45) is 1.61. The Labute approximate surface area is 77.2 Å². The van der Waals surface area contributed by atoms with Crippen molar-refractivity contribution in [1.29, 1.82) is 0 Å². The van der Waals surface area contributed by atoms with Gasteiger partial charge in [0.1, 0.15) is 5.82 Å². The van der Waals surface area contributed by atoms with Gasteiger partial charge < -0.3 is 5.11 Å². The second-order valence-corrected chi connectivity index (χ2v) is 3.95. The molecule has 0 unspecified atom stereocenters. The first-order chi connectivity index (χ1) is 6.03. The number of aryl methyl sites for hydroxylation is 2. The highest BCUT2D eigenvalue weighted by atomic mass is 19.1. The predicted molar refractivity (Wildman–Crippen MR) is 49.0 cm³/mol. The van der Waals surface area contributed by atoms with Crippen LogP contribution in [-0.2, 0) is 5.60 Å². The first-order valence-electron chi connectivity index (χ1n) is 4.52. The fourth-order valence-electron chi connectivity index (χ4n) is 1.67. The lowest BCUT2D eigenvalue weighted by molar-refractivity contribution is 0.150. The van der Waals surface area contributed by atoms with Crippen LogP contribution in [0.2, 0.25) is 0 Å². The van der Waals surface area contributed by atoms with Crippen LogP contribution < -0.4 is 0 Å². The topological polar surface area (TPSA) is 20.2 Å². The number of rotatable bonds is 1. The molecule has 1 fully saturated rings. The molecular weight excluding hydrogens is 167 g/mol. The minimum Gasteiger partial charge on any atom is -0.385 e. The standard InChI is InChI=1S/C11H13FO/c1-7-6-10(12)8(2)5-9(7)11(13)3-4-11/h5-6,13H,3-4H2,1-2H3. The Bertz CT molecular complexity index is 353. The number of aliphatic hydroxyl groups is 1. The lowest BCUT2D eigenvalue weighted by Crippen LogP contribution is -2.07. The van der Waals surface area contributed by atoms with Crippen molar-refractivity contribution in [2.75, 3.05) is 0 Å². The summed E-state index contributed by atoms with van der Waals surface area (Å²) in [5.41, 5.74) is 1.71. The molecule has 1 aromatic rings. The maximum absolute atomic E-state index is 13.1. The molecule has 0 heterocycles. The summed E-state index contributed by atoms with van der Waals surface area (Å²) in [6.45, 7) is 3.57. The molecule has 13 heavy (non-hydrogen) atoms. The van der Waals surface area contributed by atoms with E-state index in [4.69, 9.17) is 0 Å². The van der Waals surface area contributed by atoms with Crippen molar-refractivity contribution in [2.24, 2.45) is 0 Å². The Morgan fingerprint density at radius 3 is 2.38 bits per heavy atom. The second-order valence-electron chi connectivity index (χ2n) is 3.95. The van der Waals surface area contributed by atoms with Crippen LogP contribution in [0.4, 0.5) is 4.39 Å². The lowest BCUT2D eigenvalue weighted by atomic mass is 9.99. The van der Waals surface area contributed by atoms with Crippen LogP contribution >= 0.6 is 0 Å². The van der Waals surface area contributed by atoms with Gasteiger partial charge in [-0.2, -0.15) is 0 Å². The zero-order valence-electron chi connectivity index (χ0n) is 7.89. The van der Waals surface area contributed by atoms with Gasteiger partial charge in [-0.1, -0.05) is 6.07 Å². The highest BCUT2D eigenvalue weighted by molar-refractivity contribution is 5.38. The van der Waals surface area contributed by atoms with Crippen molar-refractivity contribution in [3.63, 3.8) is 0 Å². The van der Waals surface area contributed by atoms with E-state index in [0.717, 1.165) is 24.0 Å². The van der Waals surface area contributed by atoms with E-state index in [0.29, 0.717) is 5.56 Å². The maximum Gasteiger partial charge on any atom is 0.126 e. The molecule has 1 saturated carbocycles. The van der Waals surface area contributed by atoms with Crippen molar-refractivity contribution in [3.05, 3.63) is 34.6 Å². The Balaban J connectivity index is 2.52. The summed E-state index contributed by atoms with van der Waals surface area (Å²) in [5, 5.41) is 9.87. The van der Waals surface area contributed by atoms with Gasteiger partial charge in [-0.25, -0.2) is 4.39 Å². The number of hydrogen-bond acceptors (Lipinski definition) is 1. The molecule has 1 nitrogen and oxygen atoms in total. The van der Waals surface area contributed by atoms with Gasteiger partial charge in [0, 0.05) is 0 Å². The normalized spacial score (nSPS) is 18.8. The van der Waals surface area contributed by atoms with Crippen LogP contribution in [0, 0.1) is 19.7 Å². The van der Waals surface area contributed by atoms with Crippen molar-refractivity contribution >= 4 is 0 Å². The van der Waals surface area contributed by atoms with E-state index in [1.54, 1.807) is 13.0 Å². The molecule has 0 amide bonds. The second kappa shape index (κ2) is 2.55. The number of halogens is 1. The third-order valence-electron chi connectivity index (χ3n) is 2.73. The maximum atomic E-state index is 13.1. The molecule has 1 aliphatic rings. The Hall–Kier alpha value is -0.890. The van der Waals surface area contributed by atoms with Crippen LogP contribution in [0.3, 0.4) is 0 Å². The Morgan fingerprint density at radius 2 is 1.85 bits per heavy atom. The van der Waals surface area contributed by atoms with E-state index in [2.05, 4.69) is 0 Å². The molecular formula is C11H13FO. The summed E-state index contributed by atoms with van der Waals surface area (Å²) >= 11 is 0. The summed E-state index contributed by atoms with van der Waals surface area (Å²) in [5.74, 6) is -0.189. The SMILES string of the molecule is Cc1cc(C2(O)CC2)c(C)cc1F. The monoisotopic (exact) mass is 180 g/mol. The number of benzene rings is 1. The fraction of sp³-hybridized carbons (Fsp3) is 0.455. The van der Waals surface area contributed by atoms with Crippen molar-refractivity contribution in [3.8, 4) is 0 Å². The summed E-state index contributed by atoms with van der Waals surface area (Å²) < 4.78 is 13.1. The predicted octanol–water partition coefficient (Wildman–Crippen LogP) is 2.42. The van der Waals surface area contributed by atoms with Crippen LogP contribution in [0.15, 0.2) is 12.1 Å². The van der Waals surface area contributed by atoms with Gasteiger partial charge >= 0.3 is 0 Å². The van der Waals surface area contributed by atoms with E-state index in [-0.39, 0.29) is 5.82 Å². The highest BCUT2D eigenvalue weighted by Gasteiger charge is 2.43. The first kappa shape index (κ1) is 8.70. The third kappa shape index (κ3) is 1.35. The molecule has 0 bridgehead atoms. The van der Waals surface area contributed by atoms with Gasteiger partial charge in [-0.3, -0.25) is 0 Å². The quantitative estimate of drug-likeness (QED) is 0.703. The fourth-order valence-corrected chi connectivity index (χ4v) is 1.67.